The summed E-state index contributed by atoms with van der Waals surface area (Å²) in [5.74, 6) is -0.658. The number of carbonyl (C=O) groups is 2. The zero-order chi connectivity index (χ0) is 19.1. The molecular formula is C22H17ClO4. The molecule has 0 heterocycles. The average molecular weight is 381 g/mol. The second-order valence-corrected chi connectivity index (χ2v) is 6.17. The molecule has 0 aliphatic heterocycles. The zero-order valence-corrected chi connectivity index (χ0v) is 15.2. The first kappa shape index (κ1) is 18.7. The number of rotatable bonds is 6. The highest BCUT2D eigenvalue weighted by molar-refractivity contribution is 6.33. The molecule has 27 heavy (non-hydrogen) atoms. The van der Waals surface area contributed by atoms with Gasteiger partial charge in [0, 0.05) is 6.42 Å². The molecule has 0 N–H and O–H groups in total. The van der Waals surface area contributed by atoms with Crippen LogP contribution in [0.15, 0.2) is 78.9 Å². The Kier molecular flexibility index (Phi) is 6.23. The van der Waals surface area contributed by atoms with Gasteiger partial charge in [-0.3, -0.25) is 0 Å². The molecule has 3 aromatic rings. The van der Waals surface area contributed by atoms with Gasteiger partial charge in [0.05, 0.1) is 22.8 Å². The number of benzene rings is 3. The smallest absolute Gasteiger partial charge is 0.345 e. The molecule has 3 rings (SSSR count). The van der Waals surface area contributed by atoms with E-state index in [1.807, 2.05) is 30.3 Å². The van der Waals surface area contributed by atoms with Crippen molar-refractivity contribution in [2.75, 3.05) is 6.61 Å². The van der Waals surface area contributed by atoms with Crippen molar-refractivity contribution in [1.82, 2.24) is 0 Å². The van der Waals surface area contributed by atoms with Gasteiger partial charge in [0.1, 0.15) is 5.75 Å². The Labute approximate surface area is 162 Å². The van der Waals surface area contributed by atoms with Crippen LogP contribution >= 0.6 is 11.6 Å². The minimum Gasteiger partial charge on any atom is -0.462 e. The Morgan fingerprint density at radius 3 is 2.15 bits per heavy atom. The van der Waals surface area contributed by atoms with Gasteiger partial charge in [-0.1, -0.05) is 54.1 Å². The lowest BCUT2D eigenvalue weighted by atomic mass is 10.2. The maximum atomic E-state index is 12.1. The quantitative estimate of drug-likeness (QED) is 0.448. The third-order valence-electron chi connectivity index (χ3n) is 3.86. The van der Waals surface area contributed by atoms with E-state index in [4.69, 9.17) is 21.1 Å². The van der Waals surface area contributed by atoms with Crippen molar-refractivity contribution in [2.24, 2.45) is 0 Å². The topological polar surface area (TPSA) is 52.6 Å². The highest BCUT2D eigenvalue weighted by atomic mass is 35.5. The van der Waals surface area contributed by atoms with Crippen molar-refractivity contribution in [3.63, 3.8) is 0 Å². The Balaban J connectivity index is 1.54. The summed E-state index contributed by atoms with van der Waals surface area (Å²) in [6, 6.07) is 22.6. The van der Waals surface area contributed by atoms with Crippen LogP contribution in [0.5, 0.6) is 5.75 Å². The lowest BCUT2D eigenvalue weighted by Gasteiger charge is -2.07. The van der Waals surface area contributed by atoms with Gasteiger partial charge >= 0.3 is 11.9 Å². The van der Waals surface area contributed by atoms with Gasteiger partial charge in [0.2, 0.25) is 0 Å². The first-order valence-electron chi connectivity index (χ1n) is 8.41. The minimum absolute atomic E-state index is 0.281. The molecule has 0 aromatic heterocycles. The van der Waals surface area contributed by atoms with E-state index in [0.29, 0.717) is 29.4 Å². The van der Waals surface area contributed by atoms with Crippen molar-refractivity contribution in [2.45, 2.75) is 6.42 Å². The molecule has 4 nitrogen and oxygen atoms in total. The van der Waals surface area contributed by atoms with E-state index in [1.165, 1.54) is 0 Å². The molecule has 0 bridgehead atoms. The molecule has 5 heteroatoms. The lowest BCUT2D eigenvalue weighted by molar-refractivity contribution is 0.0509. The molecule has 0 aliphatic carbocycles. The van der Waals surface area contributed by atoms with Crippen LogP contribution in [0.2, 0.25) is 5.02 Å². The molecule has 0 fully saturated rings. The summed E-state index contributed by atoms with van der Waals surface area (Å²) in [5, 5.41) is 0.320. The van der Waals surface area contributed by atoms with E-state index in [-0.39, 0.29) is 5.56 Å². The third-order valence-corrected chi connectivity index (χ3v) is 4.19. The van der Waals surface area contributed by atoms with Crippen LogP contribution in [0.3, 0.4) is 0 Å². The number of ether oxygens (including phenoxy) is 2. The van der Waals surface area contributed by atoms with Crippen LogP contribution in [0.25, 0.3) is 0 Å². The predicted octanol–water partition coefficient (Wildman–Crippen LogP) is 4.96. The summed E-state index contributed by atoms with van der Waals surface area (Å²) in [4.78, 5) is 24.2. The Hall–Kier alpha value is -3.11. The molecule has 0 saturated carbocycles. The van der Waals surface area contributed by atoms with Crippen LogP contribution in [-0.4, -0.2) is 18.5 Å². The fourth-order valence-corrected chi connectivity index (χ4v) is 2.65. The summed E-state index contributed by atoms with van der Waals surface area (Å²) < 4.78 is 10.6. The number of halogens is 1. The van der Waals surface area contributed by atoms with Crippen molar-refractivity contribution >= 4 is 23.5 Å². The minimum atomic E-state index is -0.557. The Bertz CT molecular complexity index is 921. The van der Waals surface area contributed by atoms with E-state index in [2.05, 4.69) is 0 Å². The fourth-order valence-electron chi connectivity index (χ4n) is 2.44. The highest BCUT2D eigenvalue weighted by Gasteiger charge is 2.13. The van der Waals surface area contributed by atoms with Gasteiger partial charge in [0.15, 0.2) is 0 Å². The molecule has 3 aromatic carbocycles. The molecule has 0 unspecified atom stereocenters. The maximum Gasteiger partial charge on any atom is 0.345 e. The largest absolute Gasteiger partial charge is 0.462 e. The van der Waals surface area contributed by atoms with Gasteiger partial charge in [-0.2, -0.15) is 0 Å². The molecule has 0 saturated heterocycles. The van der Waals surface area contributed by atoms with E-state index in [0.717, 1.165) is 5.56 Å². The normalized spacial score (nSPS) is 10.3. The Morgan fingerprint density at radius 2 is 1.44 bits per heavy atom. The van der Waals surface area contributed by atoms with E-state index < -0.39 is 11.9 Å². The van der Waals surface area contributed by atoms with Crippen molar-refractivity contribution in [1.29, 1.82) is 0 Å². The molecular weight excluding hydrogens is 364 g/mol. The van der Waals surface area contributed by atoms with Gasteiger partial charge in [-0.25, -0.2) is 9.59 Å². The summed E-state index contributed by atoms with van der Waals surface area (Å²) in [6.07, 6.45) is 0.653. The molecule has 0 amide bonds. The Morgan fingerprint density at radius 1 is 0.778 bits per heavy atom. The first-order chi connectivity index (χ1) is 13.1. The maximum absolute atomic E-state index is 12.1. The lowest BCUT2D eigenvalue weighted by Crippen LogP contribution is -2.10. The summed E-state index contributed by atoms with van der Waals surface area (Å²) in [5.41, 5.74) is 1.77. The fraction of sp³-hybridized carbons (Fsp3) is 0.0909. The summed E-state index contributed by atoms with van der Waals surface area (Å²) >= 11 is 5.98. The number of hydrogen-bond donors (Lipinski definition) is 0. The zero-order valence-electron chi connectivity index (χ0n) is 14.4. The van der Waals surface area contributed by atoms with Crippen molar-refractivity contribution in [3.05, 3.63) is 101 Å². The molecule has 0 atom stereocenters. The van der Waals surface area contributed by atoms with Crippen molar-refractivity contribution < 1.29 is 19.1 Å². The van der Waals surface area contributed by atoms with Gasteiger partial charge in [-0.15, -0.1) is 0 Å². The molecule has 0 spiro atoms. The average Bonchev–Trinajstić information content (AvgIpc) is 2.69. The monoisotopic (exact) mass is 380 g/mol. The second-order valence-electron chi connectivity index (χ2n) is 5.77. The van der Waals surface area contributed by atoms with Gasteiger partial charge in [0.25, 0.3) is 0 Å². The van der Waals surface area contributed by atoms with Gasteiger partial charge < -0.3 is 9.47 Å². The third kappa shape index (κ3) is 5.19. The molecule has 0 radical (unpaired) electrons. The summed E-state index contributed by atoms with van der Waals surface area (Å²) in [7, 11) is 0. The van der Waals surface area contributed by atoms with Crippen LogP contribution < -0.4 is 4.74 Å². The number of carbonyl (C=O) groups excluding carboxylic acids is 2. The first-order valence-corrected chi connectivity index (χ1v) is 8.79. The predicted molar refractivity (Wildman–Crippen MR) is 103 cm³/mol. The number of hydrogen-bond acceptors (Lipinski definition) is 4. The van der Waals surface area contributed by atoms with Crippen LogP contribution in [0.4, 0.5) is 0 Å². The molecule has 0 aliphatic rings. The van der Waals surface area contributed by atoms with Crippen LogP contribution in [-0.2, 0) is 11.2 Å². The van der Waals surface area contributed by atoms with E-state index in [1.54, 1.807) is 48.5 Å². The summed E-state index contributed by atoms with van der Waals surface area (Å²) in [6.45, 7) is 0.298. The van der Waals surface area contributed by atoms with Crippen LogP contribution in [0.1, 0.15) is 26.3 Å². The molecule has 136 valence electrons. The van der Waals surface area contributed by atoms with Gasteiger partial charge in [-0.05, 0) is 42.0 Å². The van der Waals surface area contributed by atoms with Crippen LogP contribution in [0, 0.1) is 0 Å². The highest BCUT2D eigenvalue weighted by Crippen LogP contribution is 2.19. The van der Waals surface area contributed by atoms with E-state index >= 15 is 0 Å². The van der Waals surface area contributed by atoms with E-state index in [9.17, 15) is 9.59 Å². The van der Waals surface area contributed by atoms with Crippen molar-refractivity contribution in [3.8, 4) is 5.75 Å². The SMILES string of the molecule is O=C(OCCc1ccccc1)c1ccc(OC(=O)c2ccccc2Cl)cc1. The standard InChI is InChI=1S/C22H17ClO4/c23-20-9-5-4-8-19(20)22(25)27-18-12-10-17(11-13-18)21(24)26-15-14-16-6-2-1-3-7-16/h1-13H,14-15H2. The second kappa shape index (κ2) is 9.01. The number of esters is 2.